The summed E-state index contributed by atoms with van der Waals surface area (Å²) >= 11 is 0. The first-order valence-corrected chi connectivity index (χ1v) is 8.29. The number of hydrogen-bond acceptors (Lipinski definition) is 5. The van der Waals surface area contributed by atoms with Crippen molar-refractivity contribution < 1.29 is 9.59 Å². The number of nitrogens with one attached hydrogen (secondary N) is 2. The van der Waals surface area contributed by atoms with E-state index in [1.54, 1.807) is 18.5 Å². The minimum Gasteiger partial charge on any atom is -0.303 e. The van der Waals surface area contributed by atoms with Gasteiger partial charge in [-0.15, -0.1) is 0 Å². The Morgan fingerprint density at radius 1 is 1.50 bits per heavy atom. The summed E-state index contributed by atoms with van der Waals surface area (Å²) in [6.45, 7) is 1.84. The van der Waals surface area contributed by atoms with E-state index in [1.807, 2.05) is 31.2 Å². The van der Waals surface area contributed by atoms with E-state index < -0.39 is 0 Å². The molecule has 0 radical (unpaired) electrons. The van der Waals surface area contributed by atoms with E-state index in [2.05, 4.69) is 25.7 Å². The monoisotopic (exact) mass is 349 g/mol. The fourth-order valence-electron chi connectivity index (χ4n) is 2.71. The number of aromatic amines is 1. The number of pyridine rings is 1. The molecule has 2 aromatic rings. The fraction of sp³-hybridized carbons (Fsp3) is 0.211. The van der Waals surface area contributed by atoms with Gasteiger partial charge < -0.3 is 4.79 Å². The quantitative estimate of drug-likeness (QED) is 0.475. The highest BCUT2D eigenvalue weighted by Gasteiger charge is 2.19. The van der Waals surface area contributed by atoms with Crippen LogP contribution in [0.5, 0.6) is 0 Å². The summed E-state index contributed by atoms with van der Waals surface area (Å²) in [7, 11) is 0. The van der Waals surface area contributed by atoms with Gasteiger partial charge in [0.05, 0.1) is 11.9 Å². The number of allylic oxidation sites excluding steroid dienone is 4. The van der Waals surface area contributed by atoms with E-state index in [-0.39, 0.29) is 11.8 Å². The van der Waals surface area contributed by atoms with Crippen molar-refractivity contribution in [2.24, 2.45) is 11.0 Å². The van der Waals surface area contributed by atoms with Crippen LogP contribution in [0.2, 0.25) is 0 Å². The van der Waals surface area contributed by atoms with E-state index in [9.17, 15) is 9.59 Å². The fourth-order valence-corrected chi connectivity index (χ4v) is 2.71. The zero-order chi connectivity index (χ0) is 18.4. The molecule has 1 aliphatic rings. The highest BCUT2D eigenvalue weighted by atomic mass is 16.2. The number of hydrazone groups is 1. The predicted molar refractivity (Wildman–Crippen MR) is 98.5 cm³/mol. The number of hydrogen-bond donors (Lipinski definition) is 2. The SMILES string of the molecule is Cc1c(C2=CCC(CC=O)C=C2)n[nH]c1C(=O)N/N=C/c1cccnc1. The Morgan fingerprint density at radius 2 is 2.38 bits per heavy atom. The highest BCUT2D eigenvalue weighted by Crippen LogP contribution is 2.27. The summed E-state index contributed by atoms with van der Waals surface area (Å²) in [5, 5.41) is 11.0. The summed E-state index contributed by atoms with van der Waals surface area (Å²) in [5.41, 5.74) is 6.07. The van der Waals surface area contributed by atoms with Crippen molar-refractivity contribution in [3.63, 3.8) is 0 Å². The van der Waals surface area contributed by atoms with Gasteiger partial charge in [0.1, 0.15) is 12.0 Å². The molecule has 7 heteroatoms. The van der Waals surface area contributed by atoms with E-state index >= 15 is 0 Å². The zero-order valence-corrected chi connectivity index (χ0v) is 14.3. The second kappa shape index (κ2) is 8.15. The van der Waals surface area contributed by atoms with Crippen LogP contribution in [0.1, 0.15) is 40.2 Å². The molecule has 1 atom stereocenters. The lowest BCUT2D eigenvalue weighted by atomic mass is 9.92. The van der Waals surface area contributed by atoms with Gasteiger partial charge in [-0.2, -0.15) is 10.2 Å². The Bertz CT molecular complexity index is 881. The van der Waals surface area contributed by atoms with E-state index in [0.29, 0.717) is 12.1 Å². The molecule has 3 rings (SSSR count). The number of rotatable bonds is 6. The highest BCUT2D eigenvalue weighted by molar-refractivity contribution is 5.95. The molecule has 0 bridgehead atoms. The van der Waals surface area contributed by atoms with Gasteiger partial charge in [0, 0.05) is 29.9 Å². The maximum atomic E-state index is 12.3. The van der Waals surface area contributed by atoms with Crippen molar-refractivity contribution in [2.45, 2.75) is 19.8 Å². The number of carbonyl (C=O) groups excluding carboxylic acids is 2. The molecule has 0 saturated heterocycles. The van der Waals surface area contributed by atoms with Crippen LogP contribution in [0.25, 0.3) is 5.57 Å². The summed E-state index contributed by atoms with van der Waals surface area (Å²) < 4.78 is 0. The van der Waals surface area contributed by atoms with Gasteiger partial charge in [0.15, 0.2) is 0 Å². The average molecular weight is 349 g/mol. The summed E-state index contributed by atoms with van der Waals surface area (Å²) in [6.07, 6.45) is 13.1. The summed E-state index contributed by atoms with van der Waals surface area (Å²) in [5.74, 6) is -0.124. The molecule has 0 aromatic carbocycles. The number of amides is 1. The van der Waals surface area contributed by atoms with E-state index in [1.165, 1.54) is 6.21 Å². The predicted octanol–water partition coefficient (Wildman–Crippen LogP) is 2.43. The van der Waals surface area contributed by atoms with Gasteiger partial charge in [-0.05, 0) is 30.9 Å². The second-order valence-electron chi connectivity index (χ2n) is 5.97. The number of aromatic nitrogens is 3. The van der Waals surface area contributed by atoms with Crippen LogP contribution < -0.4 is 5.43 Å². The number of aldehydes is 1. The molecule has 0 aliphatic heterocycles. The Balaban J connectivity index is 1.67. The van der Waals surface area contributed by atoms with Crippen molar-refractivity contribution in [3.05, 3.63) is 65.3 Å². The van der Waals surface area contributed by atoms with Crippen molar-refractivity contribution in [2.75, 3.05) is 0 Å². The molecular formula is C19H19N5O2. The van der Waals surface area contributed by atoms with Crippen molar-refractivity contribution in [3.8, 4) is 0 Å². The molecule has 1 aliphatic carbocycles. The van der Waals surface area contributed by atoms with Crippen LogP contribution >= 0.6 is 0 Å². The van der Waals surface area contributed by atoms with Crippen molar-refractivity contribution >= 4 is 24.0 Å². The normalized spacial score (nSPS) is 16.5. The van der Waals surface area contributed by atoms with Crippen LogP contribution in [0.3, 0.4) is 0 Å². The first kappa shape index (κ1) is 17.5. The standard InChI is InChI=1S/C19H19N5O2/c1-13-17(16-6-4-14(5-7-16)8-10-25)22-23-18(13)19(26)24-21-12-15-3-2-9-20-11-15/h2-4,6-7,9-12,14H,5,8H2,1H3,(H,22,23)(H,24,26)/b21-12+. The van der Waals surface area contributed by atoms with Gasteiger partial charge in [-0.1, -0.05) is 24.3 Å². The van der Waals surface area contributed by atoms with Gasteiger partial charge in [-0.25, -0.2) is 5.43 Å². The molecule has 1 amide bonds. The minimum atomic E-state index is -0.361. The van der Waals surface area contributed by atoms with Gasteiger partial charge in [0.25, 0.3) is 5.91 Å². The van der Waals surface area contributed by atoms with Gasteiger partial charge in [0.2, 0.25) is 0 Å². The molecule has 2 N–H and O–H groups in total. The third-order valence-corrected chi connectivity index (χ3v) is 4.16. The van der Waals surface area contributed by atoms with E-state index in [0.717, 1.165) is 35.1 Å². The summed E-state index contributed by atoms with van der Waals surface area (Å²) in [4.78, 5) is 26.9. The van der Waals surface area contributed by atoms with E-state index in [4.69, 9.17) is 0 Å². The minimum absolute atomic E-state index is 0.236. The van der Waals surface area contributed by atoms with Gasteiger partial charge in [-0.3, -0.25) is 14.9 Å². The van der Waals surface area contributed by atoms with Crippen LogP contribution in [-0.2, 0) is 4.79 Å². The lowest BCUT2D eigenvalue weighted by Gasteiger charge is -2.12. The van der Waals surface area contributed by atoms with Crippen molar-refractivity contribution in [1.29, 1.82) is 0 Å². The Hall–Kier alpha value is -3.35. The molecule has 2 heterocycles. The third kappa shape index (κ3) is 4.00. The maximum absolute atomic E-state index is 12.3. The molecular weight excluding hydrogens is 330 g/mol. The smallest absolute Gasteiger partial charge is 0.289 e. The number of nitrogens with zero attached hydrogens (tertiary/aromatic N) is 3. The maximum Gasteiger partial charge on any atom is 0.289 e. The number of H-pyrrole nitrogens is 1. The average Bonchev–Trinajstić information content (AvgIpc) is 3.05. The Kier molecular flexibility index (Phi) is 5.48. The number of carbonyl (C=O) groups is 2. The Morgan fingerprint density at radius 3 is 3.08 bits per heavy atom. The lowest BCUT2D eigenvalue weighted by molar-refractivity contribution is -0.108. The topological polar surface area (TPSA) is 100 Å². The molecule has 26 heavy (non-hydrogen) atoms. The molecule has 132 valence electrons. The lowest BCUT2D eigenvalue weighted by Crippen LogP contribution is -2.19. The molecule has 1 unspecified atom stereocenters. The molecule has 0 saturated carbocycles. The summed E-state index contributed by atoms with van der Waals surface area (Å²) in [6, 6.07) is 3.63. The molecule has 0 spiro atoms. The van der Waals surface area contributed by atoms with Crippen molar-refractivity contribution in [1.82, 2.24) is 20.6 Å². The zero-order valence-electron chi connectivity index (χ0n) is 14.3. The van der Waals surface area contributed by atoms with Crippen LogP contribution in [0, 0.1) is 12.8 Å². The second-order valence-corrected chi connectivity index (χ2v) is 5.97. The Labute approximate surface area is 150 Å². The van der Waals surface area contributed by atoms with Crippen LogP contribution in [0.4, 0.5) is 0 Å². The van der Waals surface area contributed by atoms with Gasteiger partial charge >= 0.3 is 0 Å². The molecule has 2 aromatic heterocycles. The molecule has 7 nitrogen and oxygen atoms in total. The molecule has 0 fully saturated rings. The largest absolute Gasteiger partial charge is 0.303 e. The third-order valence-electron chi connectivity index (χ3n) is 4.16. The first-order valence-electron chi connectivity index (χ1n) is 8.29. The van der Waals surface area contributed by atoms with Crippen LogP contribution in [0.15, 0.2) is 47.9 Å². The first-order chi connectivity index (χ1) is 12.7. The van der Waals surface area contributed by atoms with Crippen LogP contribution in [-0.4, -0.2) is 33.6 Å².